The number of pyridine rings is 4. The summed E-state index contributed by atoms with van der Waals surface area (Å²) in [5.74, 6) is 1.67. The van der Waals surface area contributed by atoms with Crippen molar-refractivity contribution < 1.29 is 0 Å². The maximum Gasteiger partial charge on any atom is 0.164 e. The van der Waals surface area contributed by atoms with Crippen molar-refractivity contribution in [1.29, 1.82) is 0 Å². The lowest BCUT2D eigenvalue weighted by atomic mass is 9.91. The highest BCUT2D eigenvalue weighted by Crippen LogP contribution is 2.41. The van der Waals surface area contributed by atoms with Crippen LogP contribution in [0.3, 0.4) is 0 Å². The molecule has 0 unspecified atom stereocenters. The minimum atomic E-state index is 0.538. The lowest BCUT2D eigenvalue weighted by Gasteiger charge is -2.16. The minimum absolute atomic E-state index is 0.538. The van der Waals surface area contributed by atoms with Gasteiger partial charge in [0.15, 0.2) is 17.5 Å². The molecule has 0 fully saturated rings. The van der Waals surface area contributed by atoms with Gasteiger partial charge in [0.25, 0.3) is 0 Å². The minimum Gasteiger partial charge on any atom is -0.254 e. The Morgan fingerprint density at radius 2 is 0.774 bits per heavy atom. The van der Waals surface area contributed by atoms with Gasteiger partial charge in [0.2, 0.25) is 0 Å². The summed E-state index contributed by atoms with van der Waals surface area (Å²) in [5, 5.41) is 6.14. The standard InChI is InChI=1S/C53H31N9/c1-2-12-41-33(8-1)9-3-13-44(41)53-61-51(34-18-16-32(17-19-34)40-29-54-31-55-30-40)60-52(62-53)39-25-37(45-27-35-10-4-20-56-47(35)49-42(45)14-6-22-58-49)24-38(26-39)46-28-36-11-5-21-57-48(36)50-43(46)15-7-23-59-50/h1-31H. The molecule has 6 heterocycles. The summed E-state index contributed by atoms with van der Waals surface area (Å²) in [6.07, 6.45) is 12.4. The molecule has 6 aromatic carbocycles. The number of aromatic nitrogens is 9. The first-order valence-corrected chi connectivity index (χ1v) is 20.2. The zero-order valence-electron chi connectivity index (χ0n) is 32.9. The van der Waals surface area contributed by atoms with E-state index in [9.17, 15) is 0 Å². The summed E-state index contributed by atoms with van der Waals surface area (Å²) in [6, 6.07) is 50.1. The van der Waals surface area contributed by atoms with E-state index in [1.165, 1.54) is 6.33 Å². The monoisotopic (exact) mass is 793 g/mol. The van der Waals surface area contributed by atoms with E-state index in [0.717, 1.165) is 104 Å². The number of hydrogen-bond donors (Lipinski definition) is 0. The van der Waals surface area contributed by atoms with Crippen molar-refractivity contribution in [1.82, 2.24) is 44.9 Å². The van der Waals surface area contributed by atoms with Crippen LogP contribution >= 0.6 is 0 Å². The first-order valence-electron chi connectivity index (χ1n) is 20.2. The number of rotatable bonds is 6. The van der Waals surface area contributed by atoms with Gasteiger partial charge in [-0.25, -0.2) is 24.9 Å². The van der Waals surface area contributed by atoms with Crippen LogP contribution in [-0.2, 0) is 0 Å². The molecule has 9 nitrogen and oxygen atoms in total. The second kappa shape index (κ2) is 14.5. The lowest BCUT2D eigenvalue weighted by molar-refractivity contribution is 1.08. The van der Waals surface area contributed by atoms with Crippen molar-refractivity contribution in [2.24, 2.45) is 0 Å². The van der Waals surface area contributed by atoms with E-state index < -0.39 is 0 Å². The molecule has 0 spiro atoms. The molecule has 9 heteroatoms. The molecule has 0 saturated carbocycles. The maximum atomic E-state index is 5.33. The summed E-state index contributed by atoms with van der Waals surface area (Å²) < 4.78 is 0. The first kappa shape index (κ1) is 35.3. The van der Waals surface area contributed by atoms with Crippen LogP contribution in [0, 0.1) is 0 Å². The highest BCUT2D eigenvalue weighted by molar-refractivity contribution is 6.12. The maximum absolute atomic E-state index is 5.33. The van der Waals surface area contributed by atoms with Gasteiger partial charge in [-0.05, 0) is 93.2 Å². The highest BCUT2D eigenvalue weighted by Gasteiger charge is 2.20. The van der Waals surface area contributed by atoms with Crippen molar-refractivity contribution in [3.63, 3.8) is 0 Å². The molecule has 0 radical (unpaired) electrons. The quantitative estimate of drug-likeness (QED) is 0.152. The average Bonchev–Trinajstić information content (AvgIpc) is 3.35. The van der Waals surface area contributed by atoms with Crippen LogP contribution in [-0.4, -0.2) is 44.9 Å². The van der Waals surface area contributed by atoms with Crippen LogP contribution in [0.5, 0.6) is 0 Å². The zero-order valence-corrected chi connectivity index (χ0v) is 32.9. The Balaban J connectivity index is 1.14. The second-order valence-electron chi connectivity index (χ2n) is 15.1. The van der Waals surface area contributed by atoms with Crippen LogP contribution in [0.4, 0.5) is 0 Å². The predicted octanol–water partition coefficient (Wildman–Crippen LogP) is 12.0. The molecule has 0 N–H and O–H groups in total. The highest BCUT2D eigenvalue weighted by atomic mass is 15.0. The summed E-state index contributed by atoms with van der Waals surface area (Å²) in [7, 11) is 0. The van der Waals surface area contributed by atoms with Gasteiger partial charge < -0.3 is 0 Å². The second-order valence-corrected chi connectivity index (χ2v) is 15.1. The van der Waals surface area contributed by atoms with E-state index in [1.807, 2.05) is 85.7 Å². The Hall–Kier alpha value is -8.69. The molecule has 12 aromatic rings. The summed E-state index contributed by atoms with van der Waals surface area (Å²) in [6.45, 7) is 0. The van der Waals surface area contributed by atoms with Crippen molar-refractivity contribution in [3.8, 4) is 67.5 Å². The molecule has 0 aliphatic rings. The Morgan fingerprint density at radius 1 is 0.290 bits per heavy atom. The Kier molecular flexibility index (Phi) is 8.27. The van der Waals surface area contributed by atoms with Gasteiger partial charge in [-0.2, -0.15) is 0 Å². The largest absolute Gasteiger partial charge is 0.254 e. The number of benzene rings is 6. The Morgan fingerprint density at radius 3 is 1.42 bits per heavy atom. The molecule has 0 amide bonds. The molecule has 12 rings (SSSR count). The average molecular weight is 794 g/mol. The van der Waals surface area contributed by atoms with Crippen LogP contribution < -0.4 is 0 Å². The van der Waals surface area contributed by atoms with Crippen LogP contribution in [0.1, 0.15) is 0 Å². The fourth-order valence-corrected chi connectivity index (χ4v) is 8.53. The van der Waals surface area contributed by atoms with E-state index >= 15 is 0 Å². The first-order chi connectivity index (χ1) is 30.7. The van der Waals surface area contributed by atoms with E-state index in [-0.39, 0.29) is 0 Å². The predicted molar refractivity (Wildman–Crippen MR) is 247 cm³/mol. The molecular weight excluding hydrogens is 763 g/mol. The molecule has 62 heavy (non-hydrogen) atoms. The number of nitrogens with zero attached hydrogens (tertiary/aromatic N) is 9. The fourth-order valence-electron chi connectivity index (χ4n) is 8.53. The molecule has 0 saturated heterocycles. The van der Waals surface area contributed by atoms with Crippen molar-refractivity contribution >= 4 is 54.4 Å². The molecule has 288 valence electrons. The molecule has 6 aromatic heterocycles. The van der Waals surface area contributed by atoms with Crippen molar-refractivity contribution in [2.75, 3.05) is 0 Å². The Bertz CT molecular complexity index is 3560. The summed E-state index contributed by atoms with van der Waals surface area (Å²) in [5.41, 5.74) is 11.9. The Labute approximate surface area is 354 Å². The van der Waals surface area contributed by atoms with Gasteiger partial charge in [0.1, 0.15) is 6.33 Å². The van der Waals surface area contributed by atoms with Crippen LogP contribution in [0.15, 0.2) is 189 Å². The summed E-state index contributed by atoms with van der Waals surface area (Å²) in [4.78, 5) is 43.4. The normalized spacial score (nSPS) is 11.5. The fraction of sp³-hybridized carbons (Fsp3) is 0. The van der Waals surface area contributed by atoms with E-state index in [0.29, 0.717) is 17.5 Å². The third-order valence-corrected chi connectivity index (χ3v) is 11.4. The molecule has 0 aliphatic carbocycles. The smallest absolute Gasteiger partial charge is 0.164 e. The third kappa shape index (κ3) is 6.07. The zero-order chi connectivity index (χ0) is 41.0. The van der Waals surface area contributed by atoms with Crippen LogP contribution in [0.2, 0.25) is 0 Å². The van der Waals surface area contributed by atoms with E-state index in [1.54, 1.807) is 0 Å². The molecular formula is C53H31N9. The van der Waals surface area contributed by atoms with Crippen LogP contribution in [0.25, 0.3) is 122 Å². The SMILES string of the molecule is c1ccc2c(-c3nc(-c4ccc(-c5cncnc5)cc4)nc(-c4cc(-c5cc6cccnc6c6ncccc56)cc(-c5cc6cccnc6c6ncccc56)c4)n3)cccc2c1. The van der Waals surface area contributed by atoms with Crippen molar-refractivity contribution in [3.05, 3.63) is 189 Å². The van der Waals surface area contributed by atoms with Gasteiger partial charge in [-0.3, -0.25) is 19.9 Å². The van der Waals surface area contributed by atoms with Gasteiger partial charge in [0.05, 0.1) is 22.1 Å². The van der Waals surface area contributed by atoms with Gasteiger partial charge in [0, 0.05) is 81.0 Å². The van der Waals surface area contributed by atoms with Crippen molar-refractivity contribution in [2.45, 2.75) is 0 Å². The van der Waals surface area contributed by atoms with E-state index in [4.69, 9.17) is 34.9 Å². The topological polar surface area (TPSA) is 116 Å². The summed E-state index contributed by atoms with van der Waals surface area (Å²) >= 11 is 0. The molecule has 0 bridgehead atoms. The van der Waals surface area contributed by atoms with Gasteiger partial charge in [-0.1, -0.05) is 91.0 Å². The third-order valence-electron chi connectivity index (χ3n) is 11.4. The molecule has 0 atom stereocenters. The lowest BCUT2D eigenvalue weighted by Crippen LogP contribution is -2.01. The van der Waals surface area contributed by atoms with Gasteiger partial charge in [-0.15, -0.1) is 0 Å². The number of hydrogen-bond acceptors (Lipinski definition) is 9. The molecule has 0 aliphatic heterocycles. The number of fused-ring (bicyclic) bond motifs is 7. The van der Waals surface area contributed by atoms with E-state index in [2.05, 4.69) is 107 Å². The van der Waals surface area contributed by atoms with Gasteiger partial charge >= 0.3 is 0 Å².